The van der Waals surface area contributed by atoms with Crippen LogP contribution in [-0.2, 0) is 19.1 Å². The molecule has 0 heterocycles. The van der Waals surface area contributed by atoms with Gasteiger partial charge in [-0.2, -0.15) is 0 Å². The van der Waals surface area contributed by atoms with Gasteiger partial charge < -0.3 is 9.47 Å². The van der Waals surface area contributed by atoms with Crippen LogP contribution in [0.15, 0.2) is 11.1 Å². The van der Waals surface area contributed by atoms with Gasteiger partial charge in [-0.05, 0) is 38.0 Å². The number of carbonyl (C=O) groups is 2. The second-order valence-electron chi connectivity index (χ2n) is 5.85. The lowest BCUT2D eigenvalue weighted by molar-refractivity contribution is -0.143. The molecule has 1 aliphatic rings. The van der Waals surface area contributed by atoms with Crippen LogP contribution in [0.1, 0.15) is 72.1 Å². The molecule has 0 aliphatic heterocycles. The Kier molecular flexibility index (Phi) is 8.86. The lowest BCUT2D eigenvalue weighted by Crippen LogP contribution is -2.24. The first kappa shape index (κ1) is 18.7. The van der Waals surface area contributed by atoms with E-state index < -0.39 is 0 Å². The standard InChI is InChI=1S/C18H30O4/c1-4-12-21-17(19)15(6-3)16(18(20)22-13-5-2)14-10-8-7-9-11-14/h14H,4-13H2,1-3H3. The Balaban J connectivity index is 3.04. The van der Waals surface area contributed by atoms with Gasteiger partial charge in [0.1, 0.15) is 0 Å². The third-order valence-corrected chi connectivity index (χ3v) is 4.03. The van der Waals surface area contributed by atoms with Crippen LogP contribution in [0.25, 0.3) is 0 Å². The van der Waals surface area contributed by atoms with Crippen molar-refractivity contribution in [1.29, 1.82) is 0 Å². The quantitative estimate of drug-likeness (QED) is 0.498. The molecule has 0 aromatic rings. The summed E-state index contributed by atoms with van der Waals surface area (Å²) in [6, 6.07) is 0. The van der Waals surface area contributed by atoms with Gasteiger partial charge in [-0.25, -0.2) is 9.59 Å². The molecule has 0 aromatic carbocycles. The van der Waals surface area contributed by atoms with Crippen LogP contribution < -0.4 is 0 Å². The molecule has 1 rings (SSSR count). The number of hydrogen-bond acceptors (Lipinski definition) is 4. The average Bonchev–Trinajstić information content (AvgIpc) is 2.55. The number of hydrogen-bond donors (Lipinski definition) is 0. The number of ether oxygens (including phenoxy) is 2. The average molecular weight is 310 g/mol. The Labute approximate surface area is 134 Å². The second-order valence-corrected chi connectivity index (χ2v) is 5.85. The van der Waals surface area contributed by atoms with E-state index in [-0.39, 0.29) is 17.9 Å². The minimum atomic E-state index is -0.349. The predicted molar refractivity (Wildman–Crippen MR) is 86.4 cm³/mol. The monoisotopic (exact) mass is 310 g/mol. The highest BCUT2D eigenvalue weighted by Crippen LogP contribution is 2.33. The minimum Gasteiger partial charge on any atom is -0.462 e. The van der Waals surface area contributed by atoms with Crippen LogP contribution in [0.2, 0.25) is 0 Å². The number of esters is 2. The molecule has 1 saturated carbocycles. The number of carbonyl (C=O) groups excluding carboxylic acids is 2. The molecule has 126 valence electrons. The summed E-state index contributed by atoms with van der Waals surface area (Å²) < 4.78 is 10.6. The molecule has 0 amide bonds. The van der Waals surface area contributed by atoms with Gasteiger partial charge >= 0.3 is 11.9 Å². The predicted octanol–water partition coefficient (Wildman–Crippen LogP) is 4.18. The van der Waals surface area contributed by atoms with E-state index in [0.717, 1.165) is 38.5 Å². The Bertz CT molecular complexity index is 392. The molecule has 1 aliphatic carbocycles. The molecule has 0 atom stereocenters. The van der Waals surface area contributed by atoms with E-state index in [1.807, 2.05) is 20.8 Å². The summed E-state index contributed by atoms with van der Waals surface area (Å²) in [5.74, 6) is -0.528. The van der Waals surface area contributed by atoms with E-state index >= 15 is 0 Å². The van der Waals surface area contributed by atoms with Crippen molar-refractivity contribution in [3.63, 3.8) is 0 Å². The molecule has 0 bridgehead atoms. The summed E-state index contributed by atoms with van der Waals surface area (Å²) in [6.07, 6.45) is 7.41. The van der Waals surface area contributed by atoms with E-state index in [9.17, 15) is 9.59 Å². The molecule has 0 saturated heterocycles. The van der Waals surface area contributed by atoms with E-state index in [0.29, 0.717) is 30.8 Å². The van der Waals surface area contributed by atoms with Gasteiger partial charge in [0.05, 0.1) is 18.8 Å². The van der Waals surface area contributed by atoms with Crippen LogP contribution in [-0.4, -0.2) is 25.2 Å². The maximum atomic E-state index is 12.5. The fraction of sp³-hybridized carbons (Fsp3) is 0.778. The minimum absolute atomic E-state index is 0.141. The van der Waals surface area contributed by atoms with Crippen LogP contribution in [0.5, 0.6) is 0 Å². The highest BCUT2D eigenvalue weighted by molar-refractivity contribution is 6.00. The van der Waals surface area contributed by atoms with Crippen LogP contribution in [0, 0.1) is 5.92 Å². The lowest BCUT2D eigenvalue weighted by Gasteiger charge is -2.25. The maximum Gasteiger partial charge on any atom is 0.334 e. The first-order valence-electron chi connectivity index (χ1n) is 8.72. The molecule has 0 spiro atoms. The summed E-state index contributed by atoms with van der Waals surface area (Å²) in [5, 5.41) is 0. The molecular formula is C18H30O4. The van der Waals surface area contributed by atoms with Crippen molar-refractivity contribution >= 4 is 11.9 Å². The maximum absolute atomic E-state index is 12.5. The van der Waals surface area contributed by atoms with Crippen molar-refractivity contribution in [2.75, 3.05) is 13.2 Å². The summed E-state index contributed by atoms with van der Waals surface area (Å²) in [4.78, 5) is 24.8. The lowest BCUT2D eigenvalue weighted by atomic mass is 9.81. The zero-order valence-corrected chi connectivity index (χ0v) is 14.3. The fourth-order valence-corrected chi connectivity index (χ4v) is 2.93. The Morgan fingerprint density at radius 1 is 0.864 bits per heavy atom. The molecule has 0 aromatic heterocycles. The molecule has 22 heavy (non-hydrogen) atoms. The smallest absolute Gasteiger partial charge is 0.334 e. The zero-order valence-electron chi connectivity index (χ0n) is 14.3. The first-order valence-corrected chi connectivity index (χ1v) is 8.72. The van der Waals surface area contributed by atoms with Crippen LogP contribution in [0.3, 0.4) is 0 Å². The third kappa shape index (κ3) is 5.47. The van der Waals surface area contributed by atoms with Gasteiger partial charge in [-0.1, -0.05) is 40.0 Å². The second kappa shape index (κ2) is 10.4. The molecule has 0 unspecified atom stereocenters. The zero-order chi connectivity index (χ0) is 16.4. The van der Waals surface area contributed by atoms with E-state index in [1.54, 1.807) is 0 Å². The van der Waals surface area contributed by atoms with Crippen molar-refractivity contribution in [1.82, 2.24) is 0 Å². The Morgan fingerprint density at radius 3 is 1.91 bits per heavy atom. The van der Waals surface area contributed by atoms with Gasteiger partial charge in [-0.3, -0.25) is 0 Å². The topological polar surface area (TPSA) is 52.6 Å². The van der Waals surface area contributed by atoms with Crippen molar-refractivity contribution < 1.29 is 19.1 Å². The van der Waals surface area contributed by atoms with Crippen molar-refractivity contribution in [3.05, 3.63) is 11.1 Å². The van der Waals surface area contributed by atoms with E-state index in [4.69, 9.17) is 9.47 Å². The Morgan fingerprint density at radius 2 is 1.41 bits per heavy atom. The third-order valence-electron chi connectivity index (χ3n) is 4.03. The summed E-state index contributed by atoms with van der Waals surface area (Å²) in [5.41, 5.74) is 1.10. The first-order chi connectivity index (χ1) is 10.7. The van der Waals surface area contributed by atoms with Gasteiger partial charge in [-0.15, -0.1) is 0 Å². The van der Waals surface area contributed by atoms with Crippen LogP contribution >= 0.6 is 0 Å². The fourth-order valence-electron chi connectivity index (χ4n) is 2.93. The van der Waals surface area contributed by atoms with Gasteiger partial charge in [0, 0.05) is 5.57 Å². The molecule has 4 heteroatoms. The molecule has 0 N–H and O–H groups in total. The van der Waals surface area contributed by atoms with Crippen molar-refractivity contribution in [2.24, 2.45) is 5.92 Å². The highest BCUT2D eigenvalue weighted by atomic mass is 16.5. The Hall–Kier alpha value is -1.32. The van der Waals surface area contributed by atoms with E-state index in [1.165, 1.54) is 6.42 Å². The largest absolute Gasteiger partial charge is 0.462 e. The van der Waals surface area contributed by atoms with Crippen LogP contribution in [0.4, 0.5) is 0 Å². The molecule has 1 fully saturated rings. The van der Waals surface area contributed by atoms with Gasteiger partial charge in [0.15, 0.2) is 0 Å². The summed E-state index contributed by atoms with van der Waals surface area (Å²) >= 11 is 0. The SMILES string of the molecule is CCCOC(=O)C(CC)=C(C(=O)OCCC)C1CCCCC1. The highest BCUT2D eigenvalue weighted by Gasteiger charge is 2.30. The molecule has 0 radical (unpaired) electrons. The van der Waals surface area contributed by atoms with Gasteiger partial charge in [0.25, 0.3) is 0 Å². The summed E-state index contributed by atoms with van der Waals surface area (Å²) in [7, 11) is 0. The normalized spacial score (nSPS) is 16.9. The summed E-state index contributed by atoms with van der Waals surface area (Å²) in [6.45, 7) is 6.62. The number of rotatable bonds is 8. The van der Waals surface area contributed by atoms with Crippen molar-refractivity contribution in [3.8, 4) is 0 Å². The van der Waals surface area contributed by atoms with Crippen molar-refractivity contribution in [2.45, 2.75) is 72.1 Å². The van der Waals surface area contributed by atoms with E-state index in [2.05, 4.69) is 0 Å². The molecule has 4 nitrogen and oxygen atoms in total. The van der Waals surface area contributed by atoms with Gasteiger partial charge in [0.2, 0.25) is 0 Å². The molecular weight excluding hydrogens is 280 g/mol.